The van der Waals surface area contributed by atoms with E-state index in [2.05, 4.69) is 52.9 Å². The lowest BCUT2D eigenvalue weighted by Gasteiger charge is -2.13. The molecule has 0 aliphatic carbocycles. The number of guanidine groups is 1. The number of methoxy groups -OCH3 is 1. The molecule has 0 fully saturated rings. The number of rotatable bonds is 7. The largest absolute Gasteiger partial charge is 0.496 e. The Hall–Kier alpha value is -2.49. The lowest BCUT2D eigenvalue weighted by Crippen LogP contribution is -2.39. The van der Waals surface area contributed by atoms with Gasteiger partial charge in [-0.2, -0.15) is 0 Å². The number of aryl methyl sites for hydroxylation is 1. The summed E-state index contributed by atoms with van der Waals surface area (Å²) in [6.45, 7) is 3.78. The quantitative estimate of drug-likeness (QED) is 0.608. The molecule has 0 aromatic heterocycles. The van der Waals surface area contributed by atoms with Gasteiger partial charge in [-0.3, -0.25) is 4.99 Å². The molecule has 4 nitrogen and oxygen atoms in total. The van der Waals surface area contributed by atoms with Gasteiger partial charge in [0, 0.05) is 20.1 Å². The first-order valence-electron chi connectivity index (χ1n) is 8.35. The molecule has 2 N–H and O–H groups in total. The molecule has 2 aromatic carbocycles. The van der Waals surface area contributed by atoms with Gasteiger partial charge in [0.25, 0.3) is 0 Å². The summed E-state index contributed by atoms with van der Waals surface area (Å²) in [7, 11) is 3.50. The van der Waals surface area contributed by atoms with Gasteiger partial charge in [-0.25, -0.2) is 0 Å². The zero-order chi connectivity index (χ0) is 17.2. The molecule has 128 valence electrons. The maximum atomic E-state index is 5.38. The van der Waals surface area contributed by atoms with Crippen LogP contribution in [0.4, 0.5) is 0 Å². The molecule has 2 aromatic rings. The van der Waals surface area contributed by atoms with Gasteiger partial charge < -0.3 is 15.4 Å². The third kappa shape index (κ3) is 5.61. The summed E-state index contributed by atoms with van der Waals surface area (Å²) < 4.78 is 5.38. The van der Waals surface area contributed by atoms with E-state index in [1.165, 1.54) is 16.7 Å². The van der Waals surface area contributed by atoms with Gasteiger partial charge in [0.05, 0.1) is 7.11 Å². The smallest absolute Gasteiger partial charge is 0.190 e. The van der Waals surface area contributed by atoms with E-state index < -0.39 is 0 Å². The number of benzene rings is 2. The average Bonchev–Trinajstić information content (AvgIpc) is 2.62. The summed E-state index contributed by atoms with van der Waals surface area (Å²) in [6, 6.07) is 16.8. The molecule has 0 amide bonds. The predicted molar refractivity (Wildman–Crippen MR) is 101 cm³/mol. The third-order valence-corrected chi connectivity index (χ3v) is 3.93. The van der Waals surface area contributed by atoms with E-state index in [0.29, 0.717) is 0 Å². The van der Waals surface area contributed by atoms with E-state index in [1.54, 1.807) is 14.2 Å². The van der Waals surface area contributed by atoms with Crippen LogP contribution in [0.25, 0.3) is 0 Å². The fourth-order valence-corrected chi connectivity index (χ4v) is 2.53. The van der Waals surface area contributed by atoms with Crippen LogP contribution in [0.3, 0.4) is 0 Å². The first-order valence-corrected chi connectivity index (χ1v) is 8.35. The van der Waals surface area contributed by atoms with Crippen molar-refractivity contribution in [1.29, 1.82) is 0 Å². The first-order chi connectivity index (χ1) is 11.7. The molecule has 4 heteroatoms. The standard InChI is InChI=1S/C20H27N3O/c1-16-8-10-17(11-9-16)12-14-22-20(21-2)23-15-13-18-6-4-5-7-19(18)24-3/h4-11H,12-15H2,1-3H3,(H2,21,22,23). The Morgan fingerprint density at radius 1 is 0.958 bits per heavy atom. The topological polar surface area (TPSA) is 45.7 Å². The van der Waals surface area contributed by atoms with Gasteiger partial charge in [-0.15, -0.1) is 0 Å². The highest BCUT2D eigenvalue weighted by molar-refractivity contribution is 5.79. The lowest BCUT2D eigenvalue weighted by atomic mass is 10.1. The number of hydrogen-bond acceptors (Lipinski definition) is 2. The van der Waals surface area contributed by atoms with Crippen molar-refractivity contribution in [2.45, 2.75) is 19.8 Å². The number of aliphatic imine (C=N–C) groups is 1. The van der Waals surface area contributed by atoms with Crippen molar-refractivity contribution in [3.05, 3.63) is 65.2 Å². The van der Waals surface area contributed by atoms with E-state index in [1.807, 2.05) is 18.2 Å². The Morgan fingerprint density at radius 2 is 1.62 bits per heavy atom. The predicted octanol–water partition coefficient (Wildman–Crippen LogP) is 2.95. The highest BCUT2D eigenvalue weighted by atomic mass is 16.5. The number of hydrogen-bond donors (Lipinski definition) is 2. The molecular weight excluding hydrogens is 298 g/mol. The maximum Gasteiger partial charge on any atom is 0.190 e. The lowest BCUT2D eigenvalue weighted by molar-refractivity contribution is 0.409. The van der Waals surface area contributed by atoms with Crippen LogP contribution in [0, 0.1) is 6.92 Å². The summed E-state index contributed by atoms with van der Waals surface area (Å²) in [6.07, 6.45) is 1.87. The monoisotopic (exact) mass is 325 g/mol. The van der Waals surface area contributed by atoms with E-state index in [4.69, 9.17) is 4.74 Å². The van der Waals surface area contributed by atoms with Gasteiger partial charge in [0.15, 0.2) is 5.96 Å². The molecule has 0 saturated heterocycles. The van der Waals surface area contributed by atoms with Crippen LogP contribution >= 0.6 is 0 Å². The maximum absolute atomic E-state index is 5.38. The van der Waals surface area contributed by atoms with Gasteiger partial charge >= 0.3 is 0 Å². The summed E-state index contributed by atoms with van der Waals surface area (Å²) in [5.74, 6) is 1.76. The molecule has 0 radical (unpaired) electrons. The van der Waals surface area contributed by atoms with Crippen molar-refractivity contribution in [2.24, 2.45) is 4.99 Å². The zero-order valence-electron chi connectivity index (χ0n) is 14.8. The SMILES string of the molecule is CN=C(NCCc1ccc(C)cc1)NCCc1ccccc1OC. The van der Waals surface area contributed by atoms with Crippen LogP contribution in [0.2, 0.25) is 0 Å². The summed E-state index contributed by atoms with van der Waals surface area (Å²) in [5.41, 5.74) is 3.82. The normalized spacial score (nSPS) is 11.2. The molecule has 0 saturated carbocycles. The van der Waals surface area contributed by atoms with Crippen molar-refractivity contribution in [1.82, 2.24) is 10.6 Å². The zero-order valence-corrected chi connectivity index (χ0v) is 14.8. The van der Waals surface area contributed by atoms with Crippen LogP contribution < -0.4 is 15.4 Å². The van der Waals surface area contributed by atoms with Gasteiger partial charge in [0.2, 0.25) is 0 Å². The second-order valence-electron chi connectivity index (χ2n) is 5.72. The molecule has 0 spiro atoms. The van der Waals surface area contributed by atoms with Crippen molar-refractivity contribution in [3.8, 4) is 5.75 Å². The number of ether oxygens (including phenoxy) is 1. The summed E-state index contributed by atoms with van der Waals surface area (Å²) in [5, 5.41) is 6.70. The molecule has 24 heavy (non-hydrogen) atoms. The van der Waals surface area contributed by atoms with Gasteiger partial charge in [-0.05, 0) is 37.0 Å². The Kier molecular flexibility index (Phi) is 7.15. The first kappa shape index (κ1) is 17.9. The Morgan fingerprint density at radius 3 is 2.29 bits per heavy atom. The number of nitrogens with zero attached hydrogens (tertiary/aromatic N) is 1. The van der Waals surface area contributed by atoms with Crippen LogP contribution in [0.1, 0.15) is 16.7 Å². The molecular formula is C20H27N3O. The highest BCUT2D eigenvalue weighted by Gasteiger charge is 2.02. The van der Waals surface area contributed by atoms with Crippen molar-refractivity contribution in [3.63, 3.8) is 0 Å². The van der Waals surface area contributed by atoms with Gasteiger partial charge in [-0.1, -0.05) is 48.0 Å². The fourth-order valence-electron chi connectivity index (χ4n) is 2.53. The molecule has 0 aliphatic heterocycles. The van der Waals surface area contributed by atoms with E-state index in [-0.39, 0.29) is 0 Å². The van der Waals surface area contributed by atoms with Crippen LogP contribution in [0.5, 0.6) is 5.75 Å². The molecule has 0 heterocycles. The van der Waals surface area contributed by atoms with E-state index in [9.17, 15) is 0 Å². The molecule has 0 aliphatic rings. The number of nitrogens with one attached hydrogen (secondary N) is 2. The minimum atomic E-state index is 0.810. The second-order valence-corrected chi connectivity index (χ2v) is 5.72. The third-order valence-electron chi connectivity index (χ3n) is 3.93. The van der Waals surface area contributed by atoms with Crippen molar-refractivity contribution in [2.75, 3.05) is 27.2 Å². The molecule has 2 rings (SSSR count). The van der Waals surface area contributed by atoms with Crippen molar-refractivity contribution < 1.29 is 4.74 Å². The Balaban J connectivity index is 1.73. The number of para-hydroxylation sites is 1. The average molecular weight is 325 g/mol. The van der Waals surface area contributed by atoms with Crippen LogP contribution in [-0.4, -0.2) is 33.2 Å². The molecule has 0 atom stereocenters. The van der Waals surface area contributed by atoms with Gasteiger partial charge in [0.1, 0.15) is 5.75 Å². The van der Waals surface area contributed by atoms with Crippen LogP contribution in [-0.2, 0) is 12.8 Å². The summed E-state index contributed by atoms with van der Waals surface area (Å²) >= 11 is 0. The van der Waals surface area contributed by atoms with Crippen LogP contribution in [0.15, 0.2) is 53.5 Å². The minimum Gasteiger partial charge on any atom is -0.496 e. The van der Waals surface area contributed by atoms with Crippen molar-refractivity contribution >= 4 is 5.96 Å². The fraction of sp³-hybridized carbons (Fsp3) is 0.350. The summed E-state index contributed by atoms with van der Waals surface area (Å²) in [4.78, 5) is 4.27. The molecule has 0 bridgehead atoms. The minimum absolute atomic E-state index is 0.810. The Labute approximate surface area is 145 Å². The molecule has 0 unspecified atom stereocenters. The van der Waals surface area contributed by atoms with E-state index >= 15 is 0 Å². The highest BCUT2D eigenvalue weighted by Crippen LogP contribution is 2.17. The second kappa shape index (κ2) is 9.60. The van der Waals surface area contributed by atoms with E-state index in [0.717, 1.165) is 37.6 Å². The Bertz CT molecular complexity index is 650.